The SMILES string of the molecule is CCC(COC)NCc1cc(Br)c(OC)s1. The van der Waals surface area contributed by atoms with Crippen molar-refractivity contribution in [3.05, 3.63) is 15.4 Å². The Morgan fingerprint density at radius 2 is 2.25 bits per heavy atom. The third-order valence-corrected chi connectivity index (χ3v) is 4.27. The molecule has 3 nitrogen and oxygen atoms in total. The van der Waals surface area contributed by atoms with Crippen LogP contribution in [0.4, 0.5) is 0 Å². The van der Waals surface area contributed by atoms with E-state index in [0.29, 0.717) is 6.04 Å². The molecule has 0 aliphatic heterocycles. The summed E-state index contributed by atoms with van der Waals surface area (Å²) in [6, 6.07) is 2.51. The second-order valence-electron chi connectivity index (χ2n) is 3.49. The fraction of sp³-hybridized carbons (Fsp3) is 0.636. The highest BCUT2D eigenvalue weighted by Crippen LogP contribution is 2.34. The fourth-order valence-electron chi connectivity index (χ4n) is 1.39. The first-order valence-electron chi connectivity index (χ1n) is 5.25. The van der Waals surface area contributed by atoms with Gasteiger partial charge in [-0.25, -0.2) is 0 Å². The Kier molecular flexibility index (Phi) is 6.34. The van der Waals surface area contributed by atoms with Gasteiger partial charge in [-0.05, 0) is 28.4 Å². The lowest BCUT2D eigenvalue weighted by Crippen LogP contribution is -2.31. The monoisotopic (exact) mass is 307 g/mol. The predicted octanol–water partition coefficient (Wildman–Crippen LogP) is 3.03. The molecule has 0 spiro atoms. The van der Waals surface area contributed by atoms with Crippen molar-refractivity contribution < 1.29 is 9.47 Å². The lowest BCUT2D eigenvalue weighted by molar-refractivity contribution is 0.164. The van der Waals surface area contributed by atoms with Crippen LogP contribution < -0.4 is 10.1 Å². The smallest absolute Gasteiger partial charge is 0.188 e. The summed E-state index contributed by atoms with van der Waals surface area (Å²) in [5.41, 5.74) is 0. The summed E-state index contributed by atoms with van der Waals surface area (Å²) in [5.74, 6) is 0. The van der Waals surface area contributed by atoms with Gasteiger partial charge in [-0.3, -0.25) is 0 Å². The molecule has 1 aromatic heterocycles. The molecule has 1 unspecified atom stereocenters. The summed E-state index contributed by atoms with van der Waals surface area (Å²) in [6.45, 7) is 3.76. The summed E-state index contributed by atoms with van der Waals surface area (Å²) >= 11 is 5.12. The van der Waals surface area contributed by atoms with Crippen LogP contribution in [0.5, 0.6) is 5.06 Å². The summed E-state index contributed by atoms with van der Waals surface area (Å²) in [5, 5.41) is 4.39. The lowest BCUT2D eigenvalue weighted by Gasteiger charge is -2.14. The van der Waals surface area contributed by atoms with Crippen LogP contribution in [0.25, 0.3) is 0 Å². The van der Waals surface area contributed by atoms with Gasteiger partial charge >= 0.3 is 0 Å². The Morgan fingerprint density at radius 3 is 2.75 bits per heavy atom. The molecule has 0 aromatic carbocycles. The van der Waals surface area contributed by atoms with Gasteiger partial charge in [-0.1, -0.05) is 6.92 Å². The van der Waals surface area contributed by atoms with Crippen LogP contribution in [0.1, 0.15) is 18.2 Å². The Bertz CT molecular complexity index is 317. The predicted molar refractivity (Wildman–Crippen MR) is 71.4 cm³/mol. The quantitative estimate of drug-likeness (QED) is 0.840. The van der Waals surface area contributed by atoms with Crippen molar-refractivity contribution in [1.29, 1.82) is 0 Å². The van der Waals surface area contributed by atoms with Crippen LogP contribution in [0.15, 0.2) is 10.5 Å². The van der Waals surface area contributed by atoms with E-state index in [4.69, 9.17) is 9.47 Å². The second kappa shape index (κ2) is 7.27. The molecule has 16 heavy (non-hydrogen) atoms. The average molecular weight is 308 g/mol. The molecule has 0 fully saturated rings. The molecule has 0 aliphatic rings. The van der Waals surface area contributed by atoms with E-state index in [2.05, 4.69) is 34.2 Å². The maximum absolute atomic E-state index is 5.23. The zero-order valence-electron chi connectivity index (χ0n) is 9.88. The first-order valence-corrected chi connectivity index (χ1v) is 6.86. The molecule has 0 radical (unpaired) electrons. The Hall–Kier alpha value is -0.100. The number of methoxy groups -OCH3 is 2. The number of hydrogen-bond acceptors (Lipinski definition) is 4. The van der Waals surface area contributed by atoms with Crippen LogP contribution in [0.2, 0.25) is 0 Å². The highest BCUT2D eigenvalue weighted by molar-refractivity contribution is 9.10. The number of nitrogens with one attached hydrogen (secondary N) is 1. The van der Waals surface area contributed by atoms with Crippen molar-refractivity contribution in [2.75, 3.05) is 20.8 Å². The van der Waals surface area contributed by atoms with E-state index in [1.54, 1.807) is 25.6 Å². The molecule has 0 saturated heterocycles. The maximum atomic E-state index is 5.23. The van der Waals surface area contributed by atoms with Gasteiger partial charge < -0.3 is 14.8 Å². The van der Waals surface area contributed by atoms with E-state index >= 15 is 0 Å². The van der Waals surface area contributed by atoms with Crippen LogP contribution in [-0.2, 0) is 11.3 Å². The molecular weight excluding hydrogens is 290 g/mol. The minimum Gasteiger partial charge on any atom is -0.486 e. The molecule has 1 aromatic rings. The number of ether oxygens (including phenoxy) is 2. The maximum Gasteiger partial charge on any atom is 0.188 e. The van der Waals surface area contributed by atoms with Crippen molar-refractivity contribution in [1.82, 2.24) is 5.32 Å². The fourth-order valence-corrected chi connectivity index (χ4v) is 3.03. The minimum atomic E-state index is 0.414. The number of hydrogen-bond donors (Lipinski definition) is 1. The molecule has 92 valence electrons. The average Bonchev–Trinajstić information content (AvgIpc) is 2.65. The third kappa shape index (κ3) is 4.05. The Labute approximate surface area is 109 Å². The van der Waals surface area contributed by atoms with Crippen LogP contribution in [0, 0.1) is 0 Å². The zero-order chi connectivity index (χ0) is 12.0. The van der Waals surface area contributed by atoms with Gasteiger partial charge in [0, 0.05) is 24.6 Å². The van der Waals surface area contributed by atoms with Crippen LogP contribution in [-0.4, -0.2) is 26.9 Å². The van der Waals surface area contributed by atoms with Crippen molar-refractivity contribution in [3.63, 3.8) is 0 Å². The minimum absolute atomic E-state index is 0.414. The molecular formula is C11H18BrNO2S. The van der Waals surface area contributed by atoms with E-state index in [0.717, 1.165) is 29.1 Å². The van der Waals surface area contributed by atoms with E-state index < -0.39 is 0 Å². The molecule has 0 bridgehead atoms. The Balaban J connectivity index is 2.46. The van der Waals surface area contributed by atoms with Gasteiger partial charge in [-0.15, -0.1) is 11.3 Å². The second-order valence-corrected chi connectivity index (χ2v) is 5.45. The number of thiophene rings is 1. The van der Waals surface area contributed by atoms with Crippen molar-refractivity contribution in [3.8, 4) is 5.06 Å². The van der Waals surface area contributed by atoms with Gasteiger partial charge in [-0.2, -0.15) is 0 Å². The van der Waals surface area contributed by atoms with E-state index in [9.17, 15) is 0 Å². The van der Waals surface area contributed by atoms with Gasteiger partial charge in [0.2, 0.25) is 0 Å². The topological polar surface area (TPSA) is 30.5 Å². The van der Waals surface area contributed by atoms with Crippen LogP contribution in [0.3, 0.4) is 0 Å². The van der Waals surface area contributed by atoms with Crippen LogP contribution >= 0.6 is 27.3 Å². The largest absolute Gasteiger partial charge is 0.486 e. The summed E-state index contributed by atoms with van der Waals surface area (Å²) < 4.78 is 11.4. The highest BCUT2D eigenvalue weighted by Gasteiger charge is 2.09. The van der Waals surface area contributed by atoms with Gasteiger partial charge in [0.25, 0.3) is 0 Å². The van der Waals surface area contributed by atoms with Gasteiger partial charge in [0.1, 0.15) is 0 Å². The van der Waals surface area contributed by atoms with E-state index in [-0.39, 0.29) is 0 Å². The van der Waals surface area contributed by atoms with Gasteiger partial charge in [0.05, 0.1) is 18.2 Å². The number of rotatable bonds is 7. The molecule has 0 aliphatic carbocycles. The van der Waals surface area contributed by atoms with Crippen molar-refractivity contribution >= 4 is 27.3 Å². The Morgan fingerprint density at radius 1 is 1.50 bits per heavy atom. The lowest BCUT2D eigenvalue weighted by atomic mass is 10.2. The third-order valence-electron chi connectivity index (χ3n) is 2.32. The first-order chi connectivity index (χ1) is 7.71. The normalized spacial score (nSPS) is 12.8. The molecule has 1 N–H and O–H groups in total. The number of halogens is 1. The molecule has 0 amide bonds. The van der Waals surface area contributed by atoms with E-state index in [1.165, 1.54) is 4.88 Å². The molecule has 1 heterocycles. The van der Waals surface area contributed by atoms with E-state index in [1.807, 2.05) is 0 Å². The van der Waals surface area contributed by atoms with Crippen molar-refractivity contribution in [2.45, 2.75) is 25.9 Å². The summed E-state index contributed by atoms with van der Waals surface area (Å²) in [7, 11) is 3.42. The molecule has 1 rings (SSSR count). The van der Waals surface area contributed by atoms with Gasteiger partial charge in [0.15, 0.2) is 5.06 Å². The first kappa shape index (κ1) is 14.0. The summed E-state index contributed by atoms with van der Waals surface area (Å²) in [4.78, 5) is 1.26. The summed E-state index contributed by atoms with van der Waals surface area (Å²) in [6.07, 6.45) is 1.07. The highest BCUT2D eigenvalue weighted by atomic mass is 79.9. The molecule has 1 atom stereocenters. The molecule has 5 heteroatoms. The molecule has 0 saturated carbocycles. The standard InChI is InChI=1S/C11H18BrNO2S/c1-4-8(7-14-2)13-6-9-5-10(12)11(15-3)16-9/h5,8,13H,4,6-7H2,1-3H3. The van der Waals surface area contributed by atoms with Crippen molar-refractivity contribution in [2.24, 2.45) is 0 Å². The zero-order valence-corrected chi connectivity index (χ0v) is 12.3.